The molecule has 0 aliphatic carbocycles. The average Bonchev–Trinajstić information content (AvgIpc) is 3.09. The summed E-state index contributed by atoms with van der Waals surface area (Å²) < 4.78 is 2.01. The largest absolute Gasteiger partial charge is 0.303 e. The molecule has 1 saturated heterocycles. The Morgan fingerprint density at radius 2 is 2.08 bits per heavy atom. The van der Waals surface area contributed by atoms with Crippen molar-refractivity contribution in [3.63, 3.8) is 0 Å². The van der Waals surface area contributed by atoms with Gasteiger partial charge in [-0.25, -0.2) is 9.98 Å². The lowest BCUT2D eigenvalue weighted by molar-refractivity contribution is -0.115. The highest BCUT2D eigenvalue weighted by atomic mass is 32.2. The summed E-state index contributed by atoms with van der Waals surface area (Å²) in [7, 11) is 0. The molecule has 0 atom stereocenters. The van der Waals surface area contributed by atoms with Gasteiger partial charge in [0.2, 0.25) is 0 Å². The molecule has 3 heterocycles. The van der Waals surface area contributed by atoms with Crippen LogP contribution in [0.5, 0.6) is 0 Å². The number of nitrogens with zero attached hydrogens (tertiary/aromatic N) is 3. The van der Waals surface area contributed by atoms with Crippen molar-refractivity contribution in [3.8, 4) is 0 Å². The number of imidazole rings is 1. The number of pyridine rings is 1. The lowest BCUT2D eigenvalue weighted by Crippen LogP contribution is -2.19. The molecular weight excluding hydrogens is 332 g/mol. The van der Waals surface area contributed by atoms with Gasteiger partial charge in [0.25, 0.3) is 5.91 Å². The number of amidine groups is 1. The first kappa shape index (κ1) is 15.7. The lowest BCUT2D eigenvalue weighted by atomic mass is 10.2. The highest BCUT2D eigenvalue weighted by molar-refractivity contribution is 8.18. The van der Waals surface area contributed by atoms with Gasteiger partial charge in [-0.05, 0) is 61.5 Å². The zero-order valence-corrected chi connectivity index (χ0v) is 14.7. The molecule has 0 spiro atoms. The number of amides is 1. The molecule has 0 unspecified atom stereocenters. The van der Waals surface area contributed by atoms with E-state index in [0.29, 0.717) is 10.1 Å². The Hall–Kier alpha value is -2.86. The van der Waals surface area contributed by atoms with Crippen LogP contribution in [-0.4, -0.2) is 20.5 Å². The standard InChI is InChI=1S/C19H16N4OS/c1-12-6-5-7-14(10-12)21-19-22-18(24)17(25-19)11-15-16-8-3-4-9-23(16)13(2)20-15/h3-11H,1-2H3,(H,21,22,24). The van der Waals surface area contributed by atoms with E-state index in [1.165, 1.54) is 11.8 Å². The van der Waals surface area contributed by atoms with Gasteiger partial charge in [0.05, 0.1) is 21.8 Å². The molecule has 4 rings (SSSR count). The molecule has 1 fully saturated rings. The Kier molecular flexibility index (Phi) is 3.89. The van der Waals surface area contributed by atoms with Crippen molar-refractivity contribution in [1.82, 2.24) is 14.7 Å². The molecule has 3 aromatic rings. The van der Waals surface area contributed by atoms with Crippen LogP contribution in [0.3, 0.4) is 0 Å². The third kappa shape index (κ3) is 3.08. The van der Waals surface area contributed by atoms with E-state index in [9.17, 15) is 4.79 Å². The monoisotopic (exact) mass is 348 g/mol. The van der Waals surface area contributed by atoms with Crippen LogP contribution in [0.15, 0.2) is 58.6 Å². The third-order valence-corrected chi connectivity index (χ3v) is 4.81. The van der Waals surface area contributed by atoms with E-state index in [2.05, 4.69) is 15.3 Å². The zero-order chi connectivity index (χ0) is 17.4. The van der Waals surface area contributed by atoms with Crippen LogP contribution >= 0.6 is 11.8 Å². The Morgan fingerprint density at radius 1 is 1.20 bits per heavy atom. The minimum absolute atomic E-state index is 0.147. The Bertz CT molecular complexity index is 1050. The summed E-state index contributed by atoms with van der Waals surface area (Å²) in [6.45, 7) is 3.96. The molecule has 1 aromatic carbocycles. The van der Waals surface area contributed by atoms with Crippen molar-refractivity contribution < 1.29 is 4.79 Å². The maximum Gasteiger partial charge on any atom is 0.264 e. The molecule has 124 valence electrons. The number of aliphatic imine (C=N–C) groups is 1. The summed E-state index contributed by atoms with van der Waals surface area (Å²) in [4.78, 5) is 21.9. The van der Waals surface area contributed by atoms with Crippen molar-refractivity contribution in [2.45, 2.75) is 13.8 Å². The molecule has 2 aromatic heterocycles. The summed E-state index contributed by atoms with van der Waals surface area (Å²) in [6.07, 6.45) is 3.78. The van der Waals surface area contributed by atoms with Crippen molar-refractivity contribution >= 4 is 40.1 Å². The molecule has 6 heteroatoms. The molecule has 25 heavy (non-hydrogen) atoms. The van der Waals surface area contributed by atoms with Crippen LogP contribution in [0.2, 0.25) is 0 Å². The summed E-state index contributed by atoms with van der Waals surface area (Å²) >= 11 is 1.33. The first-order valence-corrected chi connectivity index (χ1v) is 8.72. The lowest BCUT2D eigenvalue weighted by Gasteiger charge is -1.97. The highest BCUT2D eigenvalue weighted by Gasteiger charge is 2.24. The summed E-state index contributed by atoms with van der Waals surface area (Å²) in [6, 6.07) is 13.8. The number of hydrogen-bond donors (Lipinski definition) is 1. The van der Waals surface area contributed by atoms with E-state index in [-0.39, 0.29) is 5.91 Å². The molecule has 0 radical (unpaired) electrons. The second-order valence-electron chi connectivity index (χ2n) is 5.82. The highest BCUT2D eigenvalue weighted by Crippen LogP contribution is 2.29. The molecular formula is C19H16N4OS. The first-order valence-electron chi connectivity index (χ1n) is 7.90. The summed E-state index contributed by atoms with van der Waals surface area (Å²) in [5.41, 5.74) is 3.72. The van der Waals surface area contributed by atoms with E-state index >= 15 is 0 Å². The first-order chi connectivity index (χ1) is 12.1. The predicted octanol–water partition coefficient (Wildman–Crippen LogP) is 3.84. The van der Waals surface area contributed by atoms with Gasteiger partial charge in [0.15, 0.2) is 5.17 Å². The number of aromatic nitrogens is 2. The second-order valence-corrected chi connectivity index (χ2v) is 6.85. The molecule has 1 aliphatic heterocycles. The molecule has 1 aliphatic rings. The Morgan fingerprint density at radius 3 is 2.92 bits per heavy atom. The van der Waals surface area contributed by atoms with Crippen LogP contribution < -0.4 is 5.32 Å². The van der Waals surface area contributed by atoms with Gasteiger partial charge in [-0.1, -0.05) is 18.2 Å². The minimum Gasteiger partial charge on any atom is -0.303 e. The predicted molar refractivity (Wildman–Crippen MR) is 102 cm³/mol. The number of rotatable bonds is 2. The van der Waals surface area contributed by atoms with Crippen molar-refractivity contribution in [2.24, 2.45) is 4.99 Å². The number of carbonyl (C=O) groups excluding carboxylic acids is 1. The molecule has 5 nitrogen and oxygen atoms in total. The number of aryl methyl sites for hydroxylation is 2. The van der Waals surface area contributed by atoms with Gasteiger partial charge < -0.3 is 9.72 Å². The number of carbonyl (C=O) groups is 1. The van der Waals surface area contributed by atoms with Crippen LogP contribution in [-0.2, 0) is 4.79 Å². The Balaban J connectivity index is 1.67. The topological polar surface area (TPSA) is 58.8 Å². The van der Waals surface area contributed by atoms with Crippen molar-refractivity contribution in [1.29, 1.82) is 0 Å². The SMILES string of the molecule is Cc1cccc(N=C2NC(=O)C(=Cc3nc(C)n4ccccc34)S2)c1. The van der Waals surface area contributed by atoms with E-state index in [0.717, 1.165) is 28.3 Å². The van der Waals surface area contributed by atoms with E-state index in [1.54, 1.807) is 0 Å². The fraction of sp³-hybridized carbons (Fsp3) is 0.105. The van der Waals surface area contributed by atoms with E-state index in [4.69, 9.17) is 0 Å². The van der Waals surface area contributed by atoms with Gasteiger partial charge in [-0.2, -0.15) is 0 Å². The zero-order valence-electron chi connectivity index (χ0n) is 13.9. The molecule has 0 saturated carbocycles. The van der Waals surface area contributed by atoms with Crippen LogP contribution in [0.1, 0.15) is 17.1 Å². The normalized spacial score (nSPS) is 17.6. The maximum absolute atomic E-state index is 12.3. The van der Waals surface area contributed by atoms with E-state index < -0.39 is 0 Å². The van der Waals surface area contributed by atoms with Gasteiger partial charge in [0.1, 0.15) is 5.82 Å². The van der Waals surface area contributed by atoms with Gasteiger partial charge >= 0.3 is 0 Å². The van der Waals surface area contributed by atoms with Crippen LogP contribution in [0.4, 0.5) is 5.69 Å². The van der Waals surface area contributed by atoms with Gasteiger partial charge in [0, 0.05) is 6.20 Å². The molecule has 1 N–H and O–H groups in total. The van der Waals surface area contributed by atoms with Crippen molar-refractivity contribution in [2.75, 3.05) is 0 Å². The average molecular weight is 348 g/mol. The fourth-order valence-electron chi connectivity index (χ4n) is 2.75. The van der Waals surface area contributed by atoms with Crippen molar-refractivity contribution in [3.05, 3.63) is 70.6 Å². The number of fused-ring (bicyclic) bond motifs is 1. The molecule has 1 amide bonds. The quantitative estimate of drug-likeness (QED) is 0.716. The summed E-state index contributed by atoms with van der Waals surface area (Å²) in [5.74, 6) is 0.741. The second kappa shape index (κ2) is 6.22. The van der Waals surface area contributed by atoms with Crippen LogP contribution in [0.25, 0.3) is 11.6 Å². The number of benzene rings is 1. The smallest absolute Gasteiger partial charge is 0.264 e. The number of hydrogen-bond acceptors (Lipinski definition) is 4. The fourth-order valence-corrected chi connectivity index (χ4v) is 3.56. The summed E-state index contributed by atoms with van der Waals surface area (Å²) in [5, 5.41) is 3.40. The molecule has 0 bridgehead atoms. The van der Waals surface area contributed by atoms with E-state index in [1.807, 2.05) is 73.0 Å². The number of thioether (sulfide) groups is 1. The van der Waals surface area contributed by atoms with Gasteiger partial charge in [-0.3, -0.25) is 4.79 Å². The minimum atomic E-state index is -0.147. The van der Waals surface area contributed by atoms with Gasteiger partial charge in [-0.15, -0.1) is 0 Å². The van der Waals surface area contributed by atoms with Crippen LogP contribution in [0, 0.1) is 13.8 Å². The third-order valence-electron chi connectivity index (χ3n) is 3.90. The Labute approximate surface area is 149 Å². The maximum atomic E-state index is 12.3. The number of nitrogens with one attached hydrogen (secondary N) is 1.